The van der Waals surface area contributed by atoms with Gasteiger partial charge in [-0.1, -0.05) is 37.2 Å². The SMILES string of the molecule is CC(C)Cc1noc(CCNc2ccccc2)n1. The van der Waals surface area contributed by atoms with Crippen molar-refractivity contribution in [2.24, 2.45) is 5.92 Å². The number of para-hydroxylation sites is 1. The van der Waals surface area contributed by atoms with Gasteiger partial charge in [-0.15, -0.1) is 0 Å². The molecule has 4 nitrogen and oxygen atoms in total. The molecule has 0 saturated heterocycles. The second-order valence-corrected chi connectivity index (χ2v) is 4.75. The summed E-state index contributed by atoms with van der Waals surface area (Å²) in [4.78, 5) is 4.36. The van der Waals surface area contributed by atoms with Gasteiger partial charge in [-0.3, -0.25) is 0 Å². The molecule has 1 heterocycles. The monoisotopic (exact) mass is 245 g/mol. The highest BCUT2D eigenvalue weighted by Crippen LogP contribution is 2.07. The van der Waals surface area contributed by atoms with E-state index in [4.69, 9.17) is 4.52 Å². The first-order valence-corrected chi connectivity index (χ1v) is 6.34. The van der Waals surface area contributed by atoms with E-state index in [9.17, 15) is 0 Å². The van der Waals surface area contributed by atoms with Gasteiger partial charge in [0.2, 0.25) is 5.89 Å². The maximum Gasteiger partial charge on any atom is 0.228 e. The van der Waals surface area contributed by atoms with Crippen molar-refractivity contribution in [2.45, 2.75) is 26.7 Å². The van der Waals surface area contributed by atoms with Gasteiger partial charge in [-0.25, -0.2) is 0 Å². The van der Waals surface area contributed by atoms with Gasteiger partial charge in [-0.05, 0) is 18.1 Å². The lowest BCUT2D eigenvalue weighted by atomic mass is 10.1. The Kier molecular flexibility index (Phi) is 4.34. The zero-order valence-electron chi connectivity index (χ0n) is 10.9. The van der Waals surface area contributed by atoms with Crippen molar-refractivity contribution in [3.05, 3.63) is 42.0 Å². The van der Waals surface area contributed by atoms with Crippen LogP contribution in [-0.2, 0) is 12.8 Å². The lowest BCUT2D eigenvalue weighted by molar-refractivity contribution is 0.373. The Balaban J connectivity index is 1.78. The van der Waals surface area contributed by atoms with E-state index < -0.39 is 0 Å². The van der Waals surface area contributed by atoms with Crippen LogP contribution in [0.25, 0.3) is 0 Å². The molecule has 18 heavy (non-hydrogen) atoms. The molecule has 0 aliphatic rings. The molecule has 0 saturated carbocycles. The molecule has 1 aromatic carbocycles. The van der Waals surface area contributed by atoms with Gasteiger partial charge in [-0.2, -0.15) is 4.98 Å². The molecular weight excluding hydrogens is 226 g/mol. The van der Waals surface area contributed by atoms with Gasteiger partial charge in [0.15, 0.2) is 5.82 Å². The average molecular weight is 245 g/mol. The minimum absolute atomic E-state index is 0.554. The van der Waals surface area contributed by atoms with E-state index in [1.54, 1.807) is 0 Å². The quantitative estimate of drug-likeness (QED) is 0.850. The summed E-state index contributed by atoms with van der Waals surface area (Å²) in [5.74, 6) is 2.06. The van der Waals surface area contributed by atoms with Gasteiger partial charge < -0.3 is 9.84 Å². The zero-order valence-corrected chi connectivity index (χ0v) is 10.9. The molecule has 0 aliphatic heterocycles. The molecule has 0 radical (unpaired) electrons. The largest absolute Gasteiger partial charge is 0.385 e. The van der Waals surface area contributed by atoms with Crippen LogP contribution in [0.15, 0.2) is 34.9 Å². The summed E-state index contributed by atoms with van der Waals surface area (Å²) in [6, 6.07) is 10.1. The molecule has 0 unspecified atom stereocenters. The number of rotatable bonds is 6. The number of hydrogen-bond donors (Lipinski definition) is 1. The molecule has 2 aromatic rings. The molecule has 0 aliphatic carbocycles. The van der Waals surface area contributed by atoms with Crippen LogP contribution >= 0.6 is 0 Å². The highest BCUT2D eigenvalue weighted by molar-refractivity contribution is 5.42. The maximum atomic E-state index is 5.20. The van der Waals surface area contributed by atoms with Crippen molar-refractivity contribution in [2.75, 3.05) is 11.9 Å². The van der Waals surface area contributed by atoms with E-state index in [2.05, 4.69) is 29.3 Å². The molecular formula is C14H19N3O. The lowest BCUT2D eigenvalue weighted by Crippen LogP contribution is -2.05. The predicted octanol–water partition coefficient (Wildman–Crippen LogP) is 2.92. The Labute approximate surface area is 107 Å². The first kappa shape index (κ1) is 12.6. The van der Waals surface area contributed by atoms with Crippen LogP contribution in [0.5, 0.6) is 0 Å². The van der Waals surface area contributed by atoms with Crippen LogP contribution in [0, 0.1) is 5.92 Å². The summed E-state index contributed by atoms with van der Waals surface area (Å²) in [5.41, 5.74) is 1.11. The van der Waals surface area contributed by atoms with E-state index in [1.807, 2.05) is 30.3 Å². The van der Waals surface area contributed by atoms with Crippen molar-refractivity contribution >= 4 is 5.69 Å². The minimum atomic E-state index is 0.554. The fourth-order valence-electron chi connectivity index (χ4n) is 1.71. The molecule has 0 atom stereocenters. The van der Waals surface area contributed by atoms with Crippen molar-refractivity contribution in [1.82, 2.24) is 10.1 Å². The highest BCUT2D eigenvalue weighted by atomic mass is 16.5. The molecule has 2 rings (SSSR count). The summed E-state index contributed by atoms with van der Waals surface area (Å²) in [6.07, 6.45) is 1.62. The van der Waals surface area contributed by atoms with Crippen LogP contribution in [0.2, 0.25) is 0 Å². The van der Waals surface area contributed by atoms with Gasteiger partial charge in [0.25, 0.3) is 0 Å². The molecule has 96 valence electrons. The number of hydrogen-bond acceptors (Lipinski definition) is 4. The second-order valence-electron chi connectivity index (χ2n) is 4.75. The lowest BCUT2D eigenvalue weighted by Gasteiger charge is -2.02. The predicted molar refractivity (Wildman–Crippen MR) is 71.5 cm³/mol. The van der Waals surface area contributed by atoms with E-state index in [-0.39, 0.29) is 0 Å². The first-order chi connectivity index (χ1) is 8.74. The number of benzene rings is 1. The molecule has 1 N–H and O–H groups in total. The molecule has 0 amide bonds. The van der Waals surface area contributed by atoms with Crippen LogP contribution in [-0.4, -0.2) is 16.7 Å². The third-order valence-electron chi connectivity index (χ3n) is 2.54. The summed E-state index contributed by atoms with van der Waals surface area (Å²) in [5, 5.41) is 7.28. The van der Waals surface area contributed by atoms with E-state index in [0.29, 0.717) is 11.8 Å². The van der Waals surface area contributed by atoms with Crippen LogP contribution in [0.4, 0.5) is 5.69 Å². The number of anilines is 1. The van der Waals surface area contributed by atoms with Gasteiger partial charge >= 0.3 is 0 Å². The maximum absolute atomic E-state index is 5.20. The molecule has 0 bridgehead atoms. The Morgan fingerprint density at radius 2 is 2.00 bits per heavy atom. The van der Waals surface area contributed by atoms with Crippen LogP contribution in [0.3, 0.4) is 0 Å². The van der Waals surface area contributed by atoms with Crippen molar-refractivity contribution < 1.29 is 4.52 Å². The van der Waals surface area contributed by atoms with Crippen LogP contribution < -0.4 is 5.32 Å². The smallest absolute Gasteiger partial charge is 0.228 e. The molecule has 1 aromatic heterocycles. The molecule has 0 spiro atoms. The third kappa shape index (κ3) is 3.87. The van der Waals surface area contributed by atoms with E-state index >= 15 is 0 Å². The average Bonchev–Trinajstić information content (AvgIpc) is 2.77. The van der Waals surface area contributed by atoms with Gasteiger partial charge in [0, 0.05) is 25.1 Å². The summed E-state index contributed by atoms with van der Waals surface area (Å²) >= 11 is 0. The summed E-state index contributed by atoms with van der Waals surface area (Å²) in [7, 11) is 0. The first-order valence-electron chi connectivity index (χ1n) is 6.34. The highest BCUT2D eigenvalue weighted by Gasteiger charge is 2.07. The fraction of sp³-hybridized carbons (Fsp3) is 0.429. The van der Waals surface area contributed by atoms with Gasteiger partial charge in [0.05, 0.1) is 0 Å². The topological polar surface area (TPSA) is 51.0 Å². The minimum Gasteiger partial charge on any atom is -0.385 e. The number of aromatic nitrogens is 2. The molecule has 4 heteroatoms. The Morgan fingerprint density at radius 3 is 2.72 bits per heavy atom. The zero-order chi connectivity index (χ0) is 12.8. The van der Waals surface area contributed by atoms with Crippen molar-refractivity contribution in [3.63, 3.8) is 0 Å². The van der Waals surface area contributed by atoms with E-state index in [1.165, 1.54) is 0 Å². The number of nitrogens with zero attached hydrogens (tertiary/aromatic N) is 2. The Hall–Kier alpha value is -1.84. The molecule has 0 fully saturated rings. The standard InChI is InChI=1S/C14H19N3O/c1-11(2)10-13-16-14(18-17-13)8-9-15-12-6-4-3-5-7-12/h3-7,11,15H,8-10H2,1-2H3. The Morgan fingerprint density at radius 1 is 1.22 bits per heavy atom. The van der Waals surface area contributed by atoms with E-state index in [0.717, 1.165) is 30.9 Å². The summed E-state index contributed by atoms with van der Waals surface area (Å²) in [6.45, 7) is 5.09. The number of nitrogens with one attached hydrogen (secondary N) is 1. The normalized spacial score (nSPS) is 10.8. The van der Waals surface area contributed by atoms with Crippen molar-refractivity contribution in [1.29, 1.82) is 0 Å². The Bertz CT molecular complexity index is 465. The third-order valence-corrected chi connectivity index (χ3v) is 2.54. The summed E-state index contributed by atoms with van der Waals surface area (Å²) < 4.78 is 5.20. The van der Waals surface area contributed by atoms with Crippen molar-refractivity contribution in [3.8, 4) is 0 Å². The second kappa shape index (κ2) is 6.19. The van der Waals surface area contributed by atoms with Gasteiger partial charge in [0.1, 0.15) is 0 Å². The van der Waals surface area contributed by atoms with Crippen LogP contribution in [0.1, 0.15) is 25.6 Å². The fourth-order valence-corrected chi connectivity index (χ4v) is 1.71.